The lowest BCUT2D eigenvalue weighted by Gasteiger charge is -2.15. The number of aliphatic hydroxyl groups is 1. The largest absolute Gasteiger partial charge is 0.481 e. The number of carbonyl (C=O) groups is 1. The van der Waals surface area contributed by atoms with Gasteiger partial charge in [-0.25, -0.2) is 0 Å². The van der Waals surface area contributed by atoms with Crippen LogP contribution in [0.2, 0.25) is 0 Å². The average molecular weight is 400 g/mol. The Morgan fingerprint density at radius 3 is 1.61 bits per heavy atom. The molecule has 0 radical (unpaired) electrons. The number of carboxylic acid groups (broad SMARTS) is 1. The van der Waals surface area contributed by atoms with Crippen molar-refractivity contribution in [1.82, 2.24) is 4.90 Å². The maximum absolute atomic E-state index is 10.3. The Morgan fingerprint density at radius 2 is 1.21 bits per heavy atom. The molecule has 28 heavy (non-hydrogen) atoms. The molecule has 0 aliphatic rings. The average Bonchev–Trinajstić information content (AvgIpc) is 2.69. The van der Waals surface area contributed by atoms with E-state index in [4.69, 9.17) is 10.2 Å². The SMILES string of the molecule is CCCCCCCC/C=C\CCCCCCCC(=O)O.CCN(CC)CCO. The highest BCUT2D eigenvalue weighted by Gasteiger charge is 1.96. The van der Waals surface area contributed by atoms with Crippen molar-refractivity contribution in [1.29, 1.82) is 0 Å². The van der Waals surface area contributed by atoms with Crippen molar-refractivity contribution in [3.8, 4) is 0 Å². The van der Waals surface area contributed by atoms with Gasteiger partial charge in [0.1, 0.15) is 0 Å². The molecule has 4 nitrogen and oxygen atoms in total. The van der Waals surface area contributed by atoms with E-state index in [2.05, 4.69) is 37.8 Å². The van der Waals surface area contributed by atoms with Crippen LogP contribution in [-0.4, -0.2) is 47.3 Å². The molecule has 168 valence electrons. The highest BCUT2D eigenvalue weighted by molar-refractivity contribution is 5.66. The third-order valence-electron chi connectivity index (χ3n) is 4.96. The van der Waals surface area contributed by atoms with Gasteiger partial charge in [-0.05, 0) is 45.2 Å². The Hall–Kier alpha value is -0.870. The maximum atomic E-state index is 10.3. The Kier molecular flexibility index (Phi) is 27.4. The Bertz CT molecular complexity index is 328. The summed E-state index contributed by atoms with van der Waals surface area (Å²) in [5.41, 5.74) is 0. The number of aliphatic hydroxyl groups excluding tert-OH is 1. The van der Waals surface area contributed by atoms with E-state index < -0.39 is 5.97 Å². The number of carboxylic acids is 1. The van der Waals surface area contributed by atoms with Crippen molar-refractivity contribution in [2.24, 2.45) is 0 Å². The lowest BCUT2D eigenvalue weighted by molar-refractivity contribution is -0.137. The molecule has 0 aliphatic heterocycles. The van der Waals surface area contributed by atoms with Crippen molar-refractivity contribution >= 4 is 5.97 Å². The van der Waals surface area contributed by atoms with Gasteiger partial charge in [0.05, 0.1) is 6.61 Å². The zero-order valence-electron chi connectivity index (χ0n) is 19.1. The molecule has 0 aliphatic carbocycles. The van der Waals surface area contributed by atoms with E-state index in [0.29, 0.717) is 6.42 Å². The predicted octanol–water partition coefficient (Wildman–Crippen LogP) is 6.43. The highest BCUT2D eigenvalue weighted by Crippen LogP contribution is 2.09. The van der Waals surface area contributed by atoms with Crippen LogP contribution in [0, 0.1) is 0 Å². The van der Waals surface area contributed by atoms with Gasteiger partial charge in [0.15, 0.2) is 0 Å². The summed E-state index contributed by atoms with van der Waals surface area (Å²) in [7, 11) is 0. The Labute approximate surface area is 175 Å². The smallest absolute Gasteiger partial charge is 0.303 e. The molecule has 0 atom stereocenters. The molecule has 0 spiro atoms. The first kappa shape index (κ1) is 29.3. The number of unbranched alkanes of at least 4 members (excludes halogenated alkanes) is 11. The number of hydrogen-bond acceptors (Lipinski definition) is 3. The van der Waals surface area contributed by atoms with Crippen LogP contribution in [0.4, 0.5) is 0 Å². The molecule has 0 saturated carbocycles. The number of hydrogen-bond donors (Lipinski definition) is 2. The summed E-state index contributed by atoms with van der Waals surface area (Å²) < 4.78 is 0. The summed E-state index contributed by atoms with van der Waals surface area (Å²) in [5.74, 6) is -0.664. The molecule has 0 fully saturated rings. The quantitative estimate of drug-likeness (QED) is 0.194. The second kappa shape index (κ2) is 26.1. The molecule has 0 unspecified atom stereocenters. The molecular formula is C24H49NO3. The molecule has 0 saturated heterocycles. The van der Waals surface area contributed by atoms with Crippen LogP contribution >= 0.6 is 0 Å². The van der Waals surface area contributed by atoms with E-state index in [1.807, 2.05) is 0 Å². The van der Waals surface area contributed by atoms with Gasteiger partial charge in [-0.2, -0.15) is 0 Å². The third-order valence-corrected chi connectivity index (χ3v) is 4.96. The van der Waals surface area contributed by atoms with E-state index in [-0.39, 0.29) is 6.61 Å². The third kappa shape index (κ3) is 27.3. The molecule has 2 N–H and O–H groups in total. The van der Waals surface area contributed by atoms with Crippen LogP contribution in [0.3, 0.4) is 0 Å². The van der Waals surface area contributed by atoms with Crippen molar-refractivity contribution in [2.75, 3.05) is 26.2 Å². The topological polar surface area (TPSA) is 60.8 Å². The summed E-state index contributed by atoms with van der Waals surface area (Å²) in [4.78, 5) is 12.5. The fraction of sp³-hybridized carbons (Fsp3) is 0.875. The van der Waals surface area contributed by atoms with E-state index >= 15 is 0 Å². The zero-order valence-corrected chi connectivity index (χ0v) is 19.1. The van der Waals surface area contributed by atoms with Crippen LogP contribution in [0.25, 0.3) is 0 Å². The van der Waals surface area contributed by atoms with Crippen LogP contribution in [0.5, 0.6) is 0 Å². The fourth-order valence-corrected chi connectivity index (χ4v) is 3.03. The van der Waals surface area contributed by atoms with Gasteiger partial charge < -0.3 is 15.1 Å². The van der Waals surface area contributed by atoms with Crippen LogP contribution in [-0.2, 0) is 4.79 Å². The number of aliphatic carboxylic acids is 1. The molecule has 0 aromatic rings. The minimum atomic E-state index is -0.664. The zero-order chi connectivity index (χ0) is 21.3. The first-order valence-corrected chi connectivity index (χ1v) is 11.8. The van der Waals surface area contributed by atoms with Crippen molar-refractivity contribution in [3.63, 3.8) is 0 Å². The first-order valence-electron chi connectivity index (χ1n) is 11.8. The Morgan fingerprint density at radius 1 is 0.750 bits per heavy atom. The summed E-state index contributed by atoms with van der Waals surface area (Å²) in [5, 5.41) is 17.0. The molecule has 0 bridgehead atoms. The predicted molar refractivity (Wildman–Crippen MR) is 122 cm³/mol. The van der Waals surface area contributed by atoms with E-state index in [1.165, 1.54) is 70.6 Å². The maximum Gasteiger partial charge on any atom is 0.303 e. The van der Waals surface area contributed by atoms with Gasteiger partial charge in [-0.1, -0.05) is 84.3 Å². The molecule has 4 heteroatoms. The lowest BCUT2D eigenvalue weighted by Crippen LogP contribution is -2.25. The minimum Gasteiger partial charge on any atom is -0.481 e. The van der Waals surface area contributed by atoms with Gasteiger partial charge >= 0.3 is 5.97 Å². The van der Waals surface area contributed by atoms with Gasteiger partial charge in [-0.15, -0.1) is 0 Å². The van der Waals surface area contributed by atoms with Gasteiger partial charge in [0.2, 0.25) is 0 Å². The molecule has 0 aromatic heterocycles. The highest BCUT2D eigenvalue weighted by atomic mass is 16.4. The van der Waals surface area contributed by atoms with Crippen LogP contribution in [0.15, 0.2) is 12.2 Å². The van der Waals surface area contributed by atoms with Crippen LogP contribution < -0.4 is 0 Å². The molecule has 0 aromatic carbocycles. The second-order valence-corrected chi connectivity index (χ2v) is 7.48. The summed E-state index contributed by atoms with van der Waals surface area (Å²) in [6.45, 7) is 9.62. The van der Waals surface area contributed by atoms with Crippen molar-refractivity contribution < 1.29 is 15.0 Å². The van der Waals surface area contributed by atoms with E-state index in [9.17, 15) is 4.79 Å². The van der Waals surface area contributed by atoms with Crippen molar-refractivity contribution in [3.05, 3.63) is 12.2 Å². The van der Waals surface area contributed by atoms with Crippen LogP contribution in [0.1, 0.15) is 111 Å². The molecule has 0 heterocycles. The summed E-state index contributed by atoms with van der Waals surface area (Å²) >= 11 is 0. The van der Waals surface area contributed by atoms with Crippen molar-refractivity contribution in [2.45, 2.75) is 111 Å². The number of allylic oxidation sites excluding steroid dienone is 2. The molecule has 0 amide bonds. The standard InChI is InChI=1S/C18H34O2.C6H15NO/c1-2-3-4-5-6-7-8-9-10-11-12-13-14-15-16-17-18(19)20;1-3-7(4-2)5-6-8/h9-10H,2-8,11-17H2,1H3,(H,19,20);8H,3-6H2,1-2H3/b10-9-;. The Balaban J connectivity index is 0. The summed E-state index contributed by atoms with van der Waals surface area (Å²) in [6, 6.07) is 0. The normalized spacial score (nSPS) is 11.0. The minimum absolute atomic E-state index is 0.279. The van der Waals surface area contributed by atoms with E-state index in [1.54, 1.807) is 0 Å². The van der Waals surface area contributed by atoms with Gasteiger partial charge in [0.25, 0.3) is 0 Å². The number of likely N-dealkylation sites (N-methyl/N-ethyl adjacent to an activating group) is 1. The van der Waals surface area contributed by atoms with Gasteiger partial charge in [-0.3, -0.25) is 4.79 Å². The summed E-state index contributed by atoms with van der Waals surface area (Å²) in [6.07, 6.45) is 21.2. The number of nitrogens with zero attached hydrogens (tertiary/aromatic N) is 1. The second-order valence-electron chi connectivity index (χ2n) is 7.48. The van der Waals surface area contributed by atoms with E-state index in [0.717, 1.165) is 32.5 Å². The monoisotopic (exact) mass is 399 g/mol. The lowest BCUT2D eigenvalue weighted by atomic mass is 10.1. The van der Waals surface area contributed by atoms with Gasteiger partial charge in [0, 0.05) is 13.0 Å². The number of rotatable bonds is 19. The fourth-order valence-electron chi connectivity index (χ4n) is 3.03. The molecular weight excluding hydrogens is 350 g/mol. The molecule has 0 rings (SSSR count). The first-order chi connectivity index (χ1) is 13.6.